The smallest absolute Gasteiger partial charge is 0.124 e. The minimum absolute atomic E-state index is 0.0327. The molecule has 0 amide bonds. The number of halogens is 2. The van der Waals surface area contributed by atoms with Gasteiger partial charge >= 0.3 is 0 Å². The van der Waals surface area contributed by atoms with Crippen molar-refractivity contribution in [2.75, 3.05) is 12.0 Å². The third kappa shape index (κ3) is 3.51. The van der Waals surface area contributed by atoms with Crippen LogP contribution in [0.4, 0.5) is 5.69 Å². The summed E-state index contributed by atoms with van der Waals surface area (Å²) in [5.74, 6) is 0.886. The van der Waals surface area contributed by atoms with Crippen molar-refractivity contribution < 1.29 is 4.74 Å². The summed E-state index contributed by atoms with van der Waals surface area (Å²) in [4.78, 5) is 4.20. The first-order valence-corrected chi connectivity index (χ1v) is 9.14. The van der Waals surface area contributed by atoms with E-state index in [9.17, 15) is 0 Å². The second-order valence-electron chi connectivity index (χ2n) is 6.12. The van der Waals surface area contributed by atoms with Crippen molar-refractivity contribution >= 4 is 28.9 Å². The average molecular weight is 389 g/mol. The van der Waals surface area contributed by atoms with E-state index in [-0.39, 0.29) is 12.1 Å². The fourth-order valence-electron chi connectivity index (χ4n) is 3.24. The highest BCUT2D eigenvalue weighted by molar-refractivity contribution is 6.36. The Hall–Kier alpha value is -2.21. The van der Waals surface area contributed by atoms with Gasteiger partial charge < -0.3 is 14.7 Å². The van der Waals surface area contributed by atoms with Gasteiger partial charge in [-0.1, -0.05) is 41.4 Å². The van der Waals surface area contributed by atoms with Crippen molar-refractivity contribution in [2.24, 2.45) is 0 Å². The molecule has 0 spiro atoms. The molecule has 1 aliphatic rings. The van der Waals surface area contributed by atoms with E-state index >= 15 is 0 Å². The predicted molar refractivity (Wildman–Crippen MR) is 104 cm³/mol. The maximum atomic E-state index is 6.29. The summed E-state index contributed by atoms with van der Waals surface area (Å²) >= 11 is 12.3. The molecule has 26 heavy (non-hydrogen) atoms. The van der Waals surface area contributed by atoms with Crippen molar-refractivity contribution in [3.63, 3.8) is 0 Å². The van der Waals surface area contributed by atoms with Gasteiger partial charge in [-0.25, -0.2) is 10.4 Å². The van der Waals surface area contributed by atoms with Crippen LogP contribution in [0.5, 0.6) is 5.75 Å². The second-order valence-corrected chi connectivity index (χ2v) is 6.97. The van der Waals surface area contributed by atoms with Gasteiger partial charge in [0.15, 0.2) is 0 Å². The number of fused-ring (bicyclic) bond motifs is 1. The molecule has 5 nitrogen and oxygen atoms in total. The summed E-state index contributed by atoms with van der Waals surface area (Å²) in [5, 5.41) is 1.16. The lowest BCUT2D eigenvalue weighted by molar-refractivity contribution is 0.279. The van der Waals surface area contributed by atoms with E-state index in [2.05, 4.69) is 26.5 Å². The zero-order valence-electron chi connectivity index (χ0n) is 13.9. The summed E-state index contributed by atoms with van der Waals surface area (Å²) in [6, 6.07) is 13.5. The fraction of sp³-hybridized carbons (Fsp3) is 0.211. The first-order chi connectivity index (χ1) is 12.7. The molecule has 0 saturated carbocycles. The average Bonchev–Trinajstić information content (AvgIpc) is 3.10. The Kier molecular flexibility index (Phi) is 5.02. The SMILES string of the molecule is Clc1ccc(NNC2c3ccccc3OCCC2n2ccnc2)c(Cl)c1. The number of hydrogen-bond donors (Lipinski definition) is 2. The molecule has 1 aliphatic heterocycles. The van der Waals surface area contributed by atoms with Gasteiger partial charge in [-0.15, -0.1) is 0 Å². The van der Waals surface area contributed by atoms with Crippen molar-refractivity contribution in [1.82, 2.24) is 15.0 Å². The molecule has 7 heteroatoms. The van der Waals surface area contributed by atoms with E-state index in [0.717, 1.165) is 23.4 Å². The van der Waals surface area contributed by atoms with Gasteiger partial charge in [-0.3, -0.25) is 0 Å². The molecule has 2 heterocycles. The zero-order chi connectivity index (χ0) is 17.9. The molecular weight excluding hydrogens is 371 g/mol. The quantitative estimate of drug-likeness (QED) is 0.625. The van der Waals surface area contributed by atoms with Gasteiger partial charge in [0.1, 0.15) is 5.75 Å². The lowest BCUT2D eigenvalue weighted by atomic mass is 9.97. The second kappa shape index (κ2) is 7.58. The molecule has 2 aromatic carbocycles. The molecule has 1 aromatic heterocycles. The number of hydrazine groups is 1. The molecule has 2 unspecified atom stereocenters. The minimum atomic E-state index is -0.0327. The van der Waals surface area contributed by atoms with Crippen LogP contribution in [0.15, 0.2) is 61.2 Å². The zero-order valence-corrected chi connectivity index (χ0v) is 15.4. The molecule has 0 aliphatic carbocycles. The van der Waals surface area contributed by atoms with E-state index in [1.165, 1.54) is 0 Å². The number of imidazole rings is 1. The largest absolute Gasteiger partial charge is 0.493 e. The highest BCUT2D eigenvalue weighted by atomic mass is 35.5. The first-order valence-electron chi connectivity index (χ1n) is 8.38. The van der Waals surface area contributed by atoms with Crippen molar-refractivity contribution in [3.8, 4) is 5.75 Å². The number of rotatable bonds is 4. The van der Waals surface area contributed by atoms with Crippen LogP contribution >= 0.6 is 23.2 Å². The maximum absolute atomic E-state index is 6.29. The van der Waals surface area contributed by atoms with Gasteiger partial charge in [-0.2, -0.15) is 0 Å². The predicted octanol–water partition coefficient (Wildman–Crippen LogP) is 4.87. The van der Waals surface area contributed by atoms with Crippen LogP contribution in [0, 0.1) is 0 Å². The maximum Gasteiger partial charge on any atom is 0.124 e. The Morgan fingerprint density at radius 1 is 1.15 bits per heavy atom. The Balaban J connectivity index is 1.66. The van der Waals surface area contributed by atoms with Gasteiger partial charge in [0.05, 0.1) is 35.7 Å². The summed E-state index contributed by atoms with van der Waals surface area (Å²) in [5.41, 5.74) is 8.52. The lowest BCUT2D eigenvalue weighted by Gasteiger charge is -2.28. The van der Waals surface area contributed by atoms with E-state index < -0.39 is 0 Å². The van der Waals surface area contributed by atoms with E-state index in [4.69, 9.17) is 27.9 Å². The van der Waals surface area contributed by atoms with E-state index in [0.29, 0.717) is 16.7 Å². The van der Waals surface area contributed by atoms with Gasteiger partial charge in [0.2, 0.25) is 0 Å². The third-order valence-corrected chi connectivity index (χ3v) is 5.06. The Labute approximate surface area is 161 Å². The fourth-order valence-corrected chi connectivity index (χ4v) is 3.70. The Morgan fingerprint density at radius 2 is 2.04 bits per heavy atom. The number of benzene rings is 2. The van der Waals surface area contributed by atoms with Gasteiger partial charge in [0, 0.05) is 29.4 Å². The normalized spacial score (nSPS) is 19.3. The number of para-hydroxylation sites is 1. The van der Waals surface area contributed by atoms with Crippen LogP contribution in [0.3, 0.4) is 0 Å². The molecule has 0 fully saturated rings. The van der Waals surface area contributed by atoms with Crippen LogP contribution in [-0.4, -0.2) is 16.2 Å². The summed E-state index contributed by atoms with van der Waals surface area (Å²) < 4.78 is 8.06. The van der Waals surface area contributed by atoms with Crippen LogP contribution < -0.4 is 15.6 Å². The molecule has 2 atom stereocenters. The highest BCUT2D eigenvalue weighted by Gasteiger charge is 2.29. The van der Waals surface area contributed by atoms with Crippen molar-refractivity contribution in [2.45, 2.75) is 18.5 Å². The Bertz CT molecular complexity index is 885. The first kappa shape index (κ1) is 17.2. The van der Waals surface area contributed by atoms with Crippen LogP contribution in [-0.2, 0) is 0 Å². The van der Waals surface area contributed by atoms with Crippen LogP contribution in [0.2, 0.25) is 10.0 Å². The molecule has 0 radical (unpaired) electrons. The molecule has 134 valence electrons. The number of anilines is 1. The third-order valence-electron chi connectivity index (χ3n) is 4.51. The van der Waals surface area contributed by atoms with Gasteiger partial charge in [0.25, 0.3) is 0 Å². The topological polar surface area (TPSA) is 51.1 Å². The monoisotopic (exact) mass is 388 g/mol. The van der Waals surface area contributed by atoms with E-state index in [1.54, 1.807) is 18.3 Å². The van der Waals surface area contributed by atoms with Crippen LogP contribution in [0.25, 0.3) is 0 Å². The number of nitrogens with zero attached hydrogens (tertiary/aromatic N) is 2. The molecule has 4 rings (SSSR count). The minimum Gasteiger partial charge on any atom is -0.493 e. The molecular formula is C19H18Cl2N4O. The van der Waals surface area contributed by atoms with E-state index in [1.807, 2.05) is 36.8 Å². The molecule has 2 N–H and O–H groups in total. The standard InChI is InChI=1S/C19H18Cl2N4O/c20-13-5-6-16(15(21)11-13)23-24-19-14-3-1-2-4-18(14)26-10-7-17(19)25-9-8-22-12-25/h1-6,8-9,11-12,17,19,23-24H,7,10H2. The summed E-state index contributed by atoms with van der Waals surface area (Å²) in [7, 11) is 0. The highest BCUT2D eigenvalue weighted by Crippen LogP contribution is 2.38. The van der Waals surface area contributed by atoms with Crippen molar-refractivity contribution in [1.29, 1.82) is 0 Å². The summed E-state index contributed by atoms with van der Waals surface area (Å²) in [6.07, 6.45) is 6.45. The Morgan fingerprint density at radius 3 is 2.85 bits per heavy atom. The van der Waals surface area contributed by atoms with Crippen LogP contribution in [0.1, 0.15) is 24.1 Å². The molecule has 0 bridgehead atoms. The summed E-state index contributed by atoms with van der Waals surface area (Å²) in [6.45, 7) is 0.639. The lowest BCUT2D eigenvalue weighted by Crippen LogP contribution is -2.33. The van der Waals surface area contributed by atoms with Gasteiger partial charge in [-0.05, 0) is 24.3 Å². The molecule has 0 saturated heterocycles. The number of nitrogens with one attached hydrogen (secondary N) is 2. The number of ether oxygens (including phenoxy) is 1. The number of aromatic nitrogens is 2. The number of hydrogen-bond acceptors (Lipinski definition) is 4. The van der Waals surface area contributed by atoms with Crippen molar-refractivity contribution in [3.05, 3.63) is 76.8 Å². The molecule has 3 aromatic rings.